The average molecular weight is 559 g/mol. The smallest absolute Gasteiger partial charge is 0.382 e. The van der Waals surface area contributed by atoms with Crippen molar-refractivity contribution >= 4 is 34.9 Å². The Hall–Kier alpha value is -2.87. The lowest BCUT2D eigenvalue weighted by Gasteiger charge is -2.24. The first-order chi connectivity index (χ1) is 17.5. The Kier molecular flexibility index (Phi) is 7.97. The molecule has 14 heteroatoms. The molecule has 3 aromatic rings. The molecule has 0 radical (unpaired) electrons. The number of aliphatic imine (C=N–C) groups is 1. The second-order valence-corrected chi connectivity index (χ2v) is 9.50. The lowest BCUT2D eigenvalue weighted by atomic mass is 10.2. The van der Waals surface area contributed by atoms with Crippen LogP contribution in [0.4, 0.5) is 23.2 Å². The topological polar surface area (TPSA) is 87.7 Å². The minimum Gasteiger partial charge on any atom is -0.382 e. The quantitative estimate of drug-likeness (QED) is 0.319. The largest absolute Gasteiger partial charge is 0.416 e. The number of aromatic nitrogens is 3. The first-order valence-corrected chi connectivity index (χ1v) is 12.7. The summed E-state index contributed by atoms with van der Waals surface area (Å²) in [6.45, 7) is 0.0694. The summed E-state index contributed by atoms with van der Waals surface area (Å²) in [5.74, 6) is 0.0000102. The number of thioether (sulfide) groups is 1. The number of alkyl halides is 4. The van der Waals surface area contributed by atoms with E-state index in [0.717, 1.165) is 14.1 Å². The van der Waals surface area contributed by atoms with Gasteiger partial charge in [-0.3, -0.25) is 9.58 Å². The number of nitrogens with one attached hydrogen (secondary N) is 1. The fourth-order valence-corrected chi connectivity index (χ4v) is 4.52. The van der Waals surface area contributed by atoms with Crippen LogP contribution in [-0.4, -0.2) is 56.2 Å². The van der Waals surface area contributed by atoms with E-state index in [1.807, 2.05) is 18.4 Å². The molecule has 0 saturated heterocycles. The summed E-state index contributed by atoms with van der Waals surface area (Å²) >= 11 is 7.38. The molecule has 0 bridgehead atoms. The molecule has 8 nitrogen and oxygen atoms in total. The van der Waals surface area contributed by atoms with Gasteiger partial charge in [0.05, 0.1) is 18.8 Å². The maximum Gasteiger partial charge on any atom is 0.416 e. The fraction of sp³-hybridized carbons (Fsp3) is 0.348. The molecular weight excluding hydrogens is 536 g/mol. The Morgan fingerprint density at radius 3 is 2.49 bits per heavy atom. The molecule has 37 heavy (non-hydrogen) atoms. The molecule has 2 N–H and O–H groups in total. The van der Waals surface area contributed by atoms with Gasteiger partial charge in [-0.2, -0.15) is 13.2 Å². The highest BCUT2D eigenvalue weighted by molar-refractivity contribution is 7.98. The molecule has 2 heterocycles. The summed E-state index contributed by atoms with van der Waals surface area (Å²) in [6, 6.07) is 13.3. The number of amidine groups is 1. The molecule has 2 aromatic carbocycles. The molecule has 1 aliphatic rings. The number of aliphatic hydroxyl groups is 1. The summed E-state index contributed by atoms with van der Waals surface area (Å²) in [4.78, 5) is 18.4. The zero-order valence-corrected chi connectivity index (χ0v) is 21.2. The van der Waals surface area contributed by atoms with E-state index in [1.54, 1.807) is 12.1 Å². The van der Waals surface area contributed by atoms with E-state index in [4.69, 9.17) is 11.6 Å². The van der Waals surface area contributed by atoms with Crippen LogP contribution in [0.3, 0.4) is 0 Å². The third-order valence-corrected chi connectivity index (χ3v) is 6.62. The van der Waals surface area contributed by atoms with Gasteiger partial charge >= 0.3 is 11.9 Å². The van der Waals surface area contributed by atoms with E-state index in [-0.39, 0.29) is 18.2 Å². The number of halogens is 5. The predicted molar refractivity (Wildman–Crippen MR) is 135 cm³/mol. The Balaban J connectivity index is 1.69. The van der Waals surface area contributed by atoms with E-state index >= 15 is 0 Å². The molecule has 4 rings (SSSR count). The van der Waals surface area contributed by atoms with Crippen molar-refractivity contribution < 1.29 is 22.7 Å². The summed E-state index contributed by atoms with van der Waals surface area (Å²) in [5, 5.41) is 15.8. The minimum absolute atomic E-state index is 0.0874. The van der Waals surface area contributed by atoms with Crippen molar-refractivity contribution in [2.45, 2.75) is 49.5 Å². The minimum atomic E-state index is -4.94. The van der Waals surface area contributed by atoms with Gasteiger partial charge in [-0.1, -0.05) is 23.7 Å². The molecule has 0 aliphatic carbocycles. The van der Waals surface area contributed by atoms with Crippen LogP contribution in [0.1, 0.15) is 6.92 Å². The normalized spacial score (nSPS) is 17.7. The third-order valence-electron chi connectivity index (χ3n) is 5.58. The van der Waals surface area contributed by atoms with Crippen molar-refractivity contribution in [2.24, 2.45) is 4.99 Å². The van der Waals surface area contributed by atoms with Crippen LogP contribution in [0.15, 0.2) is 63.2 Å². The number of hydrogen-bond donors (Lipinski definition) is 2. The fourth-order valence-electron chi connectivity index (χ4n) is 3.81. The van der Waals surface area contributed by atoms with Crippen molar-refractivity contribution in [3.8, 4) is 11.4 Å². The second kappa shape index (κ2) is 10.9. The molecule has 0 fully saturated rings. The molecule has 198 valence electrons. The third kappa shape index (κ3) is 5.84. The Labute approximate surface area is 218 Å². The van der Waals surface area contributed by atoms with Crippen molar-refractivity contribution in [2.75, 3.05) is 11.3 Å². The number of nitrogens with zero attached hydrogens (tertiary/aromatic N) is 5. The van der Waals surface area contributed by atoms with Crippen LogP contribution in [0.25, 0.3) is 11.4 Å². The van der Waals surface area contributed by atoms with Gasteiger partial charge in [-0.05, 0) is 49.6 Å². The molecule has 1 aromatic heterocycles. The van der Waals surface area contributed by atoms with E-state index in [1.165, 1.54) is 48.0 Å². The zero-order valence-electron chi connectivity index (χ0n) is 19.7. The maximum atomic E-state index is 14.5. The predicted octanol–water partition coefficient (Wildman–Crippen LogP) is 4.12. The van der Waals surface area contributed by atoms with Gasteiger partial charge < -0.3 is 5.11 Å². The van der Waals surface area contributed by atoms with E-state index in [9.17, 15) is 27.5 Å². The number of anilines is 1. The highest BCUT2D eigenvalue weighted by atomic mass is 35.5. The first-order valence-electron chi connectivity index (χ1n) is 11.1. The number of rotatable bonds is 8. The van der Waals surface area contributed by atoms with Crippen molar-refractivity contribution in [3.05, 3.63) is 64.0 Å². The lowest BCUT2D eigenvalue weighted by Crippen LogP contribution is -2.45. The van der Waals surface area contributed by atoms with Crippen LogP contribution in [0, 0.1) is 0 Å². The van der Waals surface area contributed by atoms with Gasteiger partial charge in [-0.25, -0.2) is 24.3 Å². The van der Waals surface area contributed by atoms with Gasteiger partial charge in [0, 0.05) is 15.5 Å². The lowest BCUT2D eigenvalue weighted by molar-refractivity contribution is -0.207. The number of benzene rings is 2. The SMILES string of the molecule is CSc1ccccc1N1NC(Cn2nc(-c3ccc(Cl)cc3)n(C[C@H](O)C(F)(F)F)c2=O)N=C1C(C)F. The highest BCUT2D eigenvalue weighted by Crippen LogP contribution is 2.30. The summed E-state index contributed by atoms with van der Waals surface area (Å²) < 4.78 is 55.5. The monoisotopic (exact) mass is 558 g/mol. The average Bonchev–Trinajstić information content (AvgIpc) is 3.41. The Morgan fingerprint density at radius 1 is 1.19 bits per heavy atom. The molecule has 0 amide bonds. The summed E-state index contributed by atoms with van der Waals surface area (Å²) in [7, 11) is 0. The van der Waals surface area contributed by atoms with E-state index in [2.05, 4.69) is 15.5 Å². The van der Waals surface area contributed by atoms with Crippen LogP contribution < -0.4 is 16.1 Å². The van der Waals surface area contributed by atoms with Crippen LogP contribution in [-0.2, 0) is 13.1 Å². The van der Waals surface area contributed by atoms with Crippen molar-refractivity contribution in [1.29, 1.82) is 0 Å². The van der Waals surface area contributed by atoms with Crippen molar-refractivity contribution in [3.63, 3.8) is 0 Å². The van der Waals surface area contributed by atoms with Gasteiger partial charge in [-0.15, -0.1) is 16.9 Å². The van der Waals surface area contributed by atoms with Crippen molar-refractivity contribution in [1.82, 2.24) is 19.8 Å². The Bertz CT molecular complexity index is 1340. The van der Waals surface area contributed by atoms with Gasteiger partial charge in [0.1, 0.15) is 6.17 Å². The summed E-state index contributed by atoms with van der Waals surface area (Å²) in [5.41, 5.74) is 3.15. The number of aliphatic hydroxyl groups excluding tert-OH is 1. The second-order valence-electron chi connectivity index (χ2n) is 8.22. The van der Waals surface area contributed by atoms with E-state index < -0.39 is 36.9 Å². The molecular formula is C23H23ClF4N6O2S. The highest BCUT2D eigenvalue weighted by Gasteiger charge is 2.39. The number of para-hydroxylation sites is 1. The first kappa shape index (κ1) is 27.2. The Morgan fingerprint density at radius 2 is 1.86 bits per heavy atom. The van der Waals surface area contributed by atoms with Crippen LogP contribution in [0.2, 0.25) is 5.02 Å². The standard InChI is InChI=1S/C23H23ClF4N6O2S/c1-13(25)20-29-19(30-34(20)16-5-3-4-6-17(16)37-2)12-33-22(36)32(11-18(35)23(26,27)28)21(31-33)14-7-9-15(24)10-8-14/h3-10,13,18-19,30,35H,11-12H2,1-2H3/t13?,18-,19?/m0/s1. The number of hydrogen-bond acceptors (Lipinski definition) is 7. The van der Waals surface area contributed by atoms with Crippen LogP contribution in [0.5, 0.6) is 0 Å². The molecule has 0 saturated carbocycles. The number of hydrazine groups is 1. The molecule has 0 spiro atoms. The molecule has 2 unspecified atom stereocenters. The zero-order chi connectivity index (χ0) is 26.9. The summed E-state index contributed by atoms with van der Waals surface area (Å²) in [6.07, 6.45) is -8.13. The molecule has 3 atom stereocenters. The van der Waals surface area contributed by atoms with Gasteiger partial charge in [0.25, 0.3) is 0 Å². The molecule has 1 aliphatic heterocycles. The van der Waals surface area contributed by atoms with Gasteiger partial charge in [0.15, 0.2) is 23.9 Å². The van der Waals surface area contributed by atoms with Gasteiger partial charge in [0.2, 0.25) is 0 Å². The van der Waals surface area contributed by atoms with Crippen LogP contribution >= 0.6 is 23.4 Å². The maximum absolute atomic E-state index is 14.5. The van der Waals surface area contributed by atoms with E-state index in [0.29, 0.717) is 16.3 Å².